The first kappa shape index (κ1) is 16.6. The maximum atomic E-state index is 14.4. The molecule has 0 radical (unpaired) electrons. The minimum atomic E-state index is -0.773. The van der Waals surface area contributed by atoms with Gasteiger partial charge < -0.3 is 10.5 Å². The predicted octanol–water partition coefficient (Wildman–Crippen LogP) is 3.57. The summed E-state index contributed by atoms with van der Waals surface area (Å²) in [4.78, 5) is 17.5. The summed E-state index contributed by atoms with van der Waals surface area (Å²) in [6, 6.07) is 6.76. The molecule has 2 N–H and O–H groups in total. The lowest BCUT2D eigenvalue weighted by molar-refractivity contribution is 0.0996. The number of hydrogen-bond acceptors (Lipinski definition) is 5. The van der Waals surface area contributed by atoms with E-state index in [0.29, 0.717) is 18.6 Å². The summed E-state index contributed by atoms with van der Waals surface area (Å²) >= 11 is 1.43. The molecule has 1 aromatic carbocycles. The molecule has 0 saturated heterocycles. The highest BCUT2D eigenvalue weighted by molar-refractivity contribution is 7.12. The van der Waals surface area contributed by atoms with Crippen LogP contribution in [-0.4, -0.2) is 18.4 Å². The lowest BCUT2D eigenvalue weighted by Gasteiger charge is -2.30. The van der Waals surface area contributed by atoms with Crippen LogP contribution in [0.5, 0.6) is 0 Å². The topological polar surface area (TPSA) is 64.7 Å². The highest BCUT2D eigenvalue weighted by Crippen LogP contribution is 2.34. The lowest BCUT2D eigenvalue weighted by Crippen LogP contribution is -2.34. The number of rotatable bonds is 4. The van der Waals surface area contributed by atoms with Gasteiger partial charge in [0, 0.05) is 18.4 Å². The number of aryl methyl sites for hydroxylation is 1. The van der Waals surface area contributed by atoms with Gasteiger partial charge in [-0.05, 0) is 48.6 Å². The van der Waals surface area contributed by atoms with Crippen molar-refractivity contribution >= 4 is 23.1 Å². The van der Waals surface area contributed by atoms with E-state index in [4.69, 9.17) is 10.5 Å². The quantitative estimate of drug-likeness (QED) is 0.861. The van der Waals surface area contributed by atoms with E-state index in [2.05, 4.69) is 4.99 Å². The van der Waals surface area contributed by atoms with E-state index in [-0.39, 0.29) is 24.0 Å². The van der Waals surface area contributed by atoms with Crippen molar-refractivity contribution < 1.29 is 13.9 Å². The van der Waals surface area contributed by atoms with Crippen molar-refractivity contribution in [2.24, 2.45) is 10.7 Å². The molecule has 6 heteroatoms. The smallest absolute Gasteiger partial charge is 0.282 e. The van der Waals surface area contributed by atoms with Gasteiger partial charge in [0.15, 0.2) is 5.78 Å². The summed E-state index contributed by atoms with van der Waals surface area (Å²) < 4.78 is 19.5. The molecule has 0 fully saturated rings. The number of ketones is 1. The van der Waals surface area contributed by atoms with Crippen LogP contribution < -0.4 is 5.73 Å². The van der Waals surface area contributed by atoms with E-state index in [1.165, 1.54) is 17.4 Å². The number of carbonyl (C=O) groups excluding carboxylic acids is 1. The van der Waals surface area contributed by atoms with Gasteiger partial charge >= 0.3 is 0 Å². The van der Waals surface area contributed by atoms with Crippen LogP contribution >= 0.6 is 11.3 Å². The molecular formula is C18H19FN2O2S. The second-order valence-corrected chi connectivity index (χ2v) is 7.09. The van der Waals surface area contributed by atoms with Gasteiger partial charge in [0.05, 0.1) is 17.0 Å². The van der Waals surface area contributed by atoms with Crippen molar-refractivity contribution in [1.29, 1.82) is 0 Å². The molecule has 1 aliphatic rings. The Morgan fingerprint density at radius 3 is 2.92 bits per heavy atom. The fourth-order valence-corrected chi connectivity index (χ4v) is 3.77. The van der Waals surface area contributed by atoms with Crippen molar-refractivity contribution in [3.05, 3.63) is 57.0 Å². The Kier molecular flexibility index (Phi) is 4.41. The third-order valence-electron chi connectivity index (χ3n) is 4.29. The summed E-state index contributed by atoms with van der Waals surface area (Å²) in [5, 5.41) is 1.90. The van der Waals surface area contributed by atoms with Crippen LogP contribution in [0.25, 0.3) is 0 Å². The van der Waals surface area contributed by atoms with Gasteiger partial charge in [0.25, 0.3) is 6.02 Å². The van der Waals surface area contributed by atoms with Crippen LogP contribution in [-0.2, 0) is 16.7 Å². The van der Waals surface area contributed by atoms with E-state index in [1.54, 1.807) is 12.1 Å². The Bertz CT molecular complexity index is 815. The molecule has 1 atom stereocenters. The Morgan fingerprint density at radius 2 is 2.25 bits per heavy atom. The van der Waals surface area contributed by atoms with E-state index in [9.17, 15) is 9.18 Å². The Balaban J connectivity index is 1.91. The van der Waals surface area contributed by atoms with Gasteiger partial charge in [-0.2, -0.15) is 0 Å². The predicted molar refractivity (Wildman–Crippen MR) is 93.0 cm³/mol. The normalized spacial score (nSPS) is 20.4. The zero-order valence-corrected chi connectivity index (χ0v) is 14.5. The second kappa shape index (κ2) is 6.36. The summed E-state index contributed by atoms with van der Waals surface area (Å²) in [5.74, 6) is -0.306. The van der Waals surface area contributed by atoms with Crippen molar-refractivity contribution in [1.82, 2.24) is 0 Å². The maximum absolute atomic E-state index is 14.4. The van der Waals surface area contributed by atoms with Crippen LogP contribution in [0.2, 0.25) is 0 Å². The number of nitrogens with zero attached hydrogens (tertiary/aromatic N) is 1. The van der Waals surface area contributed by atoms with Crippen LogP contribution in [0.1, 0.15) is 39.7 Å². The second-order valence-electron chi connectivity index (χ2n) is 6.17. The van der Waals surface area contributed by atoms with Crippen molar-refractivity contribution in [2.75, 3.05) is 6.61 Å². The van der Waals surface area contributed by atoms with Crippen LogP contribution in [0.15, 0.2) is 34.6 Å². The van der Waals surface area contributed by atoms with Gasteiger partial charge in [-0.1, -0.05) is 6.07 Å². The molecule has 0 unspecified atom stereocenters. The molecule has 0 amide bonds. The number of carbonyl (C=O) groups is 1. The molecule has 2 heterocycles. The molecule has 126 valence electrons. The SMILES string of the molecule is Cc1ccsc1C(=O)Cc1ccc(F)c([C@]2(C)CCOC(N)=N2)c1. The zero-order valence-electron chi connectivity index (χ0n) is 13.6. The van der Waals surface area contributed by atoms with E-state index in [0.717, 1.165) is 16.0 Å². The fourth-order valence-electron chi connectivity index (χ4n) is 2.90. The largest absolute Gasteiger partial charge is 0.465 e. The minimum Gasteiger partial charge on any atom is -0.465 e. The Hall–Kier alpha value is -2.21. The molecule has 0 aliphatic carbocycles. The first-order chi connectivity index (χ1) is 11.4. The van der Waals surface area contributed by atoms with Crippen LogP contribution in [0.4, 0.5) is 4.39 Å². The van der Waals surface area contributed by atoms with Crippen LogP contribution in [0, 0.1) is 12.7 Å². The number of amidine groups is 1. The molecule has 4 nitrogen and oxygen atoms in total. The molecule has 24 heavy (non-hydrogen) atoms. The fraction of sp³-hybridized carbons (Fsp3) is 0.333. The number of aliphatic imine (C=N–C) groups is 1. The lowest BCUT2D eigenvalue weighted by atomic mass is 9.87. The molecule has 1 aliphatic heterocycles. The average Bonchev–Trinajstić information content (AvgIpc) is 2.95. The molecular weight excluding hydrogens is 327 g/mol. The average molecular weight is 346 g/mol. The number of Topliss-reactive ketones (excluding diaryl/α,β-unsaturated/α-hetero) is 1. The third-order valence-corrected chi connectivity index (χ3v) is 5.34. The van der Waals surface area contributed by atoms with Crippen molar-refractivity contribution in [3.8, 4) is 0 Å². The summed E-state index contributed by atoms with van der Waals surface area (Å²) in [5.41, 5.74) is 7.07. The summed E-state index contributed by atoms with van der Waals surface area (Å²) in [6.45, 7) is 4.14. The molecule has 0 saturated carbocycles. The highest BCUT2D eigenvalue weighted by Gasteiger charge is 2.33. The van der Waals surface area contributed by atoms with Gasteiger partial charge in [-0.25, -0.2) is 9.38 Å². The standard InChI is InChI=1S/C18H19FN2O2S/c1-11-5-8-24-16(11)15(22)10-12-3-4-14(19)13(9-12)18(2)6-7-23-17(20)21-18/h3-5,8-9H,6-7,10H2,1-2H3,(H2,20,21)/t18-/m0/s1. The van der Waals surface area contributed by atoms with Crippen LogP contribution in [0.3, 0.4) is 0 Å². The maximum Gasteiger partial charge on any atom is 0.282 e. The first-order valence-electron chi connectivity index (χ1n) is 7.73. The van der Waals surface area contributed by atoms with Gasteiger partial charge in [0.1, 0.15) is 5.82 Å². The highest BCUT2D eigenvalue weighted by atomic mass is 32.1. The molecule has 2 aromatic rings. The number of ether oxygens (including phenoxy) is 1. The third kappa shape index (κ3) is 3.19. The molecule has 0 bridgehead atoms. The van der Waals surface area contributed by atoms with Gasteiger partial charge in [-0.15, -0.1) is 11.3 Å². The Labute approximate surface area is 144 Å². The van der Waals surface area contributed by atoms with E-state index < -0.39 is 5.54 Å². The number of halogens is 1. The number of nitrogens with two attached hydrogens (primary N) is 1. The number of hydrogen-bond donors (Lipinski definition) is 1. The van der Waals surface area contributed by atoms with Crippen molar-refractivity contribution in [3.63, 3.8) is 0 Å². The van der Waals surface area contributed by atoms with E-state index >= 15 is 0 Å². The van der Waals surface area contributed by atoms with E-state index in [1.807, 2.05) is 25.3 Å². The molecule has 0 spiro atoms. The molecule has 3 rings (SSSR count). The Morgan fingerprint density at radius 1 is 1.46 bits per heavy atom. The first-order valence-corrected chi connectivity index (χ1v) is 8.61. The summed E-state index contributed by atoms with van der Waals surface area (Å²) in [7, 11) is 0. The molecule has 1 aromatic heterocycles. The minimum absolute atomic E-state index is 0.0419. The van der Waals surface area contributed by atoms with Crippen molar-refractivity contribution in [2.45, 2.75) is 32.2 Å². The summed E-state index contributed by atoms with van der Waals surface area (Å²) in [6.07, 6.45) is 0.770. The van der Waals surface area contributed by atoms with Gasteiger partial charge in [-0.3, -0.25) is 4.79 Å². The zero-order chi connectivity index (χ0) is 17.3. The monoisotopic (exact) mass is 346 g/mol. The van der Waals surface area contributed by atoms with Gasteiger partial charge in [0.2, 0.25) is 0 Å². The number of thiophene rings is 1. The number of benzene rings is 1.